The van der Waals surface area contributed by atoms with E-state index in [1.54, 1.807) is 0 Å². The minimum atomic E-state index is -1.89. The van der Waals surface area contributed by atoms with E-state index in [-0.39, 0.29) is 47.7 Å². The number of hydrogen-bond donors (Lipinski definition) is 18. The summed E-state index contributed by atoms with van der Waals surface area (Å²) in [5.74, 6) is -0.457. The van der Waals surface area contributed by atoms with E-state index in [4.69, 9.17) is 56.8 Å². The SMILES string of the molecule is CC(C)=CCC[C@](C)(OC[C@@H]1O[C@H](CO[C@@H]2O[C@@H](CO[C@@H]3OC[C@@H](O)[C@H](O)[C@H]3O)[C@H](O)[C@H]2O)[C@@H](O)[C@H](O)[C@H]1O)[C@H]1CC[C@]2(C)[C@@H]1[C@H](O)C[C@@H]1[C@@]3(C)CC[C@H](O[C@@H]4O[C@H](CO)[C@@H](O)[C@H](O)[C@H]4O[C@@H]4O[C@H](CO)[C@@H](O)[C@H](O)[C@H]4O[C@@H]4OC[C@@H](O)[C@H](O)[C@H]4O)C(C)(C)[C@H]3CC[C@]12C. The van der Waals surface area contributed by atoms with E-state index < -0.39 is 227 Å². The van der Waals surface area contributed by atoms with E-state index in [1.807, 2.05) is 20.8 Å². The molecule has 0 spiro atoms. The molecule has 18 N–H and O–H groups in total. The van der Waals surface area contributed by atoms with Gasteiger partial charge in [-0.2, -0.15) is 0 Å². The second-order valence-corrected chi connectivity index (χ2v) is 30.4. The standard InChI is InChI=1S/C64H108O30/c1-26(2)10-9-14-64(8,87-25-35-45(75)47(77)44(74)33(88-35)23-86-56-52(82)46(76)34(91-56)24-85-55-50(80)40(70)29(68)21-83-55)27-11-16-63(7)39(27)28(67)18-37-61(5)15-13-38(60(3,4)36(61)12-17-62(37,63)6)92-58-53(48(78)42(72)31(19-65)89-58)94-59-54(49(79)43(73)32(20-66)90-59)93-57-51(81)41(71)30(69)22-84-57/h10,27-59,65-82H,9,11-25H2,1-8H3/t27-,28+,29+,30+,31+,32+,33+,34-,35-,36+,37+,38-,39-,40-,41-,42+,43+,44+,45-,46-,47-,48-,49-,50+,51+,52+,53+,54+,55-,56+,57-,58-,59-,61-,62+,63+,64-/m0/s1. The number of ether oxygens (including phenoxy) is 12. The van der Waals surface area contributed by atoms with Gasteiger partial charge in [0.1, 0.15) is 134 Å². The van der Waals surface area contributed by atoms with Gasteiger partial charge in [0.15, 0.2) is 31.5 Å². The molecule has 37 atom stereocenters. The van der Waals surface area contributed by atoms with Crippen LogP contribution in [0.15, 0.2) is 11.6 Å². The Labute approximate surface area is 547 Å². The maximum Gasteiger partial charge on any atom is 0.187 e. The molecule has 0 aromatic carbocycles. The summed E-state index contributed by atoms with van der Waals surface area (Å²) in [5, 5.41) is 196. The first-order valence-electron chi connectivity index (χ1n) is 33.6. The summed E-state index contributed by atoms with van der Waals surface area (Å²) in [7, 11) is 0. The van der Waals surface area contributed by atoms with E-state index in [1.165, 1.54) is 0 Å². The molecule has 0 amide bonds. The van der Waals surface area contributed by atoms with Crippen LogP contribution in [-0.4, -0.2) is 322 Å². The summed E-state index contributed by atoms with van der Waals surface area (Å²) >= 11 is 0. The van der Waals surface area contributed by atoms with Crippen molar-refractivity contribution in [1.29, 1.82) is 0 Å². The zero-order valence-corrected chi connectivity index (χ0v) is 54.9. The van der Waals surface area contributed by atoms with Crippen LogP contribution in [0.1, 0.15) is 113 Å². The fourth-order valence-electron chi connectivity index (χ4n) is 18.5. The third-order valence-electron chi connectivity index (χ3n) is 24.3. The van der Waals surface area contributed by atoms with Gasteiger partial charge in [-0.3, -0.25) is 0 Å². The predicted molar refractivity (Wildman–Crippen MR) is 318 cm³/mol. The zero-order chi connectivity index (χ0) is 68.6. The van der Waals surface area contributed by atoms with Crippen molar-refractivity contribution in [2.45, 2.75) is 297 Å². The Morgan fingerprint density at radius 3 is 1.53 bits per heavy atom. The first-order valence-corrected chi connectivity index (χ1v) is 33.6. The highest BCUT2D eigenvalue weighted by molar-refractivity contribution is 5.21. The first-order chi connectivity index (χ1) is 44.2. The molecule has 6 saturated heterocycles. The highest BCUT2D eigenvalue weighted by atomic mass is 16.8. The molecule has 30 nitrogen and oxygen atoms in total. The number of fused-ring (bicyclic) bond motifs is 5. The predicted octanol–water partition coefficient (Wildman–Crippen LogP) is -4.59. The van der Waals surface area contributed by atoms with Crippen molar-refractivity contribution in [2.75, 3.05) is 46.2 Å². The van der Waals surface area contributed by atoms with Gasteiger partial charge in [0.2, 0.25) is 0 Å². The highest BCUT2D eigenvalue weighted by Crippen LogP contribution is 2.76. The number of aliphatic hydroxyl groups is 18. The maximum absolute atomic E-state index is 13.0. The van der Waals surface area contributed by atoms with Crippen molar-refractivity contribution in [2.24, 2.45) is 45.3 Å². The van der Waals surface area contributed by atoms with Crippen LogP contribution in [-0.2, 0) is 56.8 Å². The lowest BCUT2D eigenvalue weighted by Crippen LogP contribution is -2.68. The summed E-state index contributed by atoms with van der Waals surface area (Å²) in [4.78, 5) is 0. The lowest BCUT2D eigenvalue weighted by atomic mass is 9.35. The summed E-state index contributed by atoms with van der Waals surface area (Å²) in [5.41, 5.74) is -1.57. The molecular weight excluding hydrogens is 1250 g/mol. The van der Waals surface area contributed by atoms with Crippen molar-refractivity contribution in [3.8, 4) is 0 Å². The largest absolute Gasteiger partial charge is 0.394 e. The third-order valence-corrected chi connectivity index (χ3v) is 24.3. The van der Waals surface area contributed by atoms with Gasteiger partial charge < -0.3 is 149 Å². The van der Waals surface area contributed by atoms with Gasteiger partial charge in [-0.1, -0.05) is 46.3 Å². The van der Waals surface area contributed by atoms with Gasteiger partial charge in [-0.05, 0) is 124 Å². The second-order valence-electron chi connectivity index (χ2n) is 30.4. The number of rotatable bonds is 21. The number of allylic oxidation sites excluding steroid dienone is 2. The summed E-state index contributed by atoms with van der Waals surface area (Å²) in [6.07, 6.45) is -36.2. The normalized spacial score (nSPS) is 52.7. The quantitative estimate of drug-likeness (QED) is 0.0380. The van der Waals surface area contributed by atoms with E-state index in [0.29, 0.717) is 38.5 Å². The molecule has 0 bridgehead atoms. The van der Waals surface area contributed by atoms with E-state index >= 15 is 0 Å². The average Bonchev–Trinajstić information content (AvgIpc) is 1.25. The Morgan fingerprint density at radius 2 is 0.947 bits per heavy atom. The molecule has 6 heterocycles. The molecule has 0 unspecified atom stereocenters. The van der Waals surface area contributed by atoms with Crippen molar-refractivity contribution in [3.63, 3.8) is 0 Å². The molecular formula is C64H108O30. The number of aliphatic hydroxyl groups excluding tert-OH is 18. The van der Waals surface area contributed by atoms with Gasteiger partial charge >= 0.3 is 0 Å². The molecule has 0 aromatic heterocycles. The highest BCUT2D eigenvalue weighted by Gasteiger charge is 2.72. The molecule has 10 aliphatic rings. The van der Waals surface area contributed by atoms with Crippen LogP contribution in [0.25, 0.3) is 0 Å². The molecule has 4 aliphatic carbocycles. The zero-order valence-electron chi connectivity index (χ0n) is 54.9. The molecule has 10 fully saturated rings. The van der Waals surface area contributed by atoms with Gasteiger partial charge in [0, 0.05) is 0 Å². The molecule has 10 rings (SSSR count). The smallest absolute Gasteiger partial charge is 0.187 e. The van der Waals surface area contributed by atoms with Crippen LogP contribution < -0.4 is 0 Å². The fraction of sp³-hybridized carbons (Fsp3) is 0.969. The van der Waals surface area contributed by atoms with Crippen LogP contribution >= 0.6 is 0 Å². The molecule has 544 valence electrons. The van der Waals surface area contributed by atoms with Gasteiger partial charge in [-0.15, -0.1) is 0 Å². The summed E-state index contributed by atoms with van der Waals surface area (Å²) in [6, 6.07) is 0. The minimum absolute atomic E-state index is 0.00865. The summed E-state index contributed by atoms with van der Waals surface area (Å²) in [6.45, 7) is 13.8. The monoisotopic (exact) mass is 1360 g/mol. The maximum atomic E-state index is 13.0. The Balaban J connectivity index is 0.820. The van der Waals surface area contributed by atoms with Crippen molar-refractivity contribution in [3.05, 3.63) is 11.6 Å². The Bertz CT molecular complexity index is 2500. The molecule has 94 heavy (non-hydrogen) atoms. The molecule has 0 radical (unpaired) electrons. The van der Waals surface area contributed by atoms with Crippen LogP contribution in [0.4, 0.5) is 0 Å². The topological polar surface area (TPSA) is 475 Å². The first kappa shape index (κ1) is 75.2. The molecule has 6 aliphatic heterocycles. The fourth-order valence-corrected chi connectivity index (χ4v) is 18.5. The van der Waals surface area contributed by atoms with Crippen LogP contribution in [0.3, 0.4) is 0 Å². The Morgan fingerprint density at radius 1 is 0.468 bits per heavy atom. The van der Waals surface area contributed by atoms with E-state index in [0.717, 1.165) is 24.8 Å². The number of hydrogen-bond acceptors (Lipinski definition) is 30. The van der Waals surface area contributed by atoms with Gasteiger partial charge in [-0.25, -0.2) is 0 Å². The van der Waals surface area contributed by atoms with Crippen molar-refractivity contribution >= 4 is 0 Å². The lowest BCUT2D eigenvalue weighted by Gasteiger charge is -2.71. The van der Waals surface area contributed by atoms with Gasteiger partial charge in [0.05, 0.1) is 64.1 Å². The van der Waals surface area contributed by atoms with Crippen molar-refractivity contribution < 1.29 is 149 Å². The summed E-state index contributed by atoms with van der Waals surface area (Å²) < 4.78 is 72.3. The van der Waals surface area contributed by atoms with Gasteiger partial charge in [0.25, 0.3) is 0 Å². The Hall–Kier alpha value is -1.46. The average molecular weight is 1360 g/mol. The van der Waals surface area contributed by atoms with E-state index in [2.05, 4.69) is 40.7 Å². The second kappa shape index (κ2) is 29.5. The molecule has 0 aromatic rings. The van der Waals surface area contributed by atoms with Crippen LogP contribution in [0.5, 0.6) is 0 Å². The third kappa shape index (κ3) is 13.9. The molecule has 30 heteroatoms. The van der Waals surface area contributed by atoms with Crippen LogP contribution in [0, 0.1) is 45.3 Å². The van der Waals surface area contributed by atoms with E-state index in [9.17, 15) is 91.9 Å². The van der Waals surface area contributed by atoms with Crippen molar-refractivity contribution in [1.82, 2.24) is 0 Å². The lowest BCUT2D eigenvalue weighted by molar-refractivity contribution is -0.395. The Kier molecular flexibility index (Phi) is 23.6. The molecule has 4 saturated carbocycles. The minimum Gasteiger partial charge on any atom is -0.394 e. The van der Waals surface area contributed by atoms with Crippen LogP contribution in [0.2, 0.25) is 0 Å².